The fraction of sp³-hybridized carbons (Fsp3) is 0.0392. The van der Waals surface area contributed by atoms with E-state index >= 15 is 0 Å². The summed E-state index contributed by atoms with van der Waals surface area (Å²) in [5, 5.41) is 4.62. The Morgan fingerprint density at radius 3 is 1.79 bits per heavy atom. The van der Waals surface area contributed by atoms with Gasteiger partial charge in [-0.25, -0.2) is 15.0 Å². The summed E-state index contributed by atoms with van der Waals surface area (Å²) >= 11 is 0. The number of nitrogens with zero attached hydrogens (tertiary/aromatic N) is 4. The molecule has 0 saturated carbocycles. The minimum atomic E-state index is 0.631. The second-order valence-electron chi connectivity index (χ2n) is 14.3. The minimum Gasteiger partial charge on any atom is -0.454 e. The van der Waals surface area contributed by atoms with Crippen molar-refractivity contribution in [1.29, 1.82) is 0 Å². The van der Waals surface area contributed by atoms with E-state index in [1.54, 1.807) is 0 Å². The van der Waals surface area contributed by atoms with E-state index in [-0.39, 0.29) is 0 Å². The van der Waals surface area contributed by atoms with Crippen LogP contribution in [0.5, 0.6) is 0 Å². The molecular weight excluding hydrogens is 685 g/mol. The van der Waals surface area contributed by atoms with Gasteiger partial charge in [0.2, 0.25) is 0 Å². The van der Waals surface area contributed by atoms with Gasteiger partial charge >= 0.3 is 0 Å². The lowest BCUT2D eigenvalue weighted by Crippen LogP contribution is -2.00. The Morgan fingerprint density at radius 2 is 1.07 bits per heavy atom. The van der Waals surface area contributed by atoms with Gasteiger partial charge in [-0.1, -0.05) is 158 Å². The molecule has 0 radical (unpaired) electrons. The van der Waals surface area contributed by atoms with Crippen molar-refractivity contribution in [3.63, 3.8) is 0 Å². The van der Waals surface area contributed by atoms with Gasteiger partial charge in [0.05, 0.1) is 16.7 Å². The van der Waals surface area contributed by atoms with Gasteiger partial charge in [-0.05, 0) is 59.4 Å². The van der Waals surface area contributed by atoms with Crippen molar-refractivity contribution in [3.8, 4) is 51.0 Å². The van der Waals surface area contributed by atoms with Gasteiger partial charge < -0.3 is 8.98 Å². The summed E-state index contributed by atoms with van der Waals surface area (Å²) in [6.07, 6.45) is 9.02. The first-order valence-corrected chi connectivity index (χ1v) is 19.1. The van der Waals surface area contributed by atoms with Crippen LogP contribution in [0, 0.1) is 0 Å². The van der Waals surface area contributed by atoms with Crippen molar-refractivity contribution >= 4 is 49.3 Å². The first kappa shape index (κ1) is 32.1. The van der Waals surface area contributed by atoms with Crippen molar-refractivity contribution in [1.82, 2.24) is 19.5 Å². The quantitative estimate of drug-likeness (QED) is 0.172. The highest BCUT2D eigenvalue weighted by Crippen LogP contribution is 2.42. The van der Waals surface area contributed by atoms with Crippen molar-refractivity contribution in [3.05, 3.63) is 188 Å². The Balaban J connectivity index is 1.04. The highest BCUT2D eigenvalue weighted by atomic mass is 16.3. The largest absolute Gasteiger partial charge is 0.454 e. The van der Waals surface area contributed by atoms with E-state index in [1.807, 2.05) is 60.7 Å². The molecular formula is C51H34N4O. The van der Waals surface area contributed by atoms with Gasteiger partial charge in [-0.3, -0.25) is 0 Å². The number of hydrogen-bond acceptors (Lipinski definition) is 4. The van der Waals surface area contributed by atoms with Crippen molar-refractivity contribution in [2.24, 2.45) is 0 Å². The second kappa shape index (κ2) is 13.2. The van der Waals surface area contributed by atoms with Crippen LogP contribution in [0.1, 0.15) is 18.4 Å². The standard InChI is InChI=1S/C51H34N4O/c1-4-14-33(15-5-1)38-30-31-41-40-20-10-11-23-43(40)55(45(41)32-38)44-24-12-22-42-47-39(21-13-25-46(47)56-48(42)44)34-26-28-37(29-27-34)51-53-49(35-16-6-2-7-17-35)52-50(54-51)36-18-8-3-9-19-36/h2-4,6-32H,1,5H2. The average Bonchev–Trinajstić information content (AvgIpc) is 3.83. The van der Waals surface area contributed by atoms with Crippen LogP contribution in [0.25, 0.3) is 100 Å². The van der Waals surface area contributed by atoms with Crippen molar-refractivity contribution < 1.29 is 4.42 Å². The zero-order valence-electron chi connectivity index (χ0n) is 30.4. The molecule has 5 nitrogen and oxygen atoms in total. The van der Waals surface area contributed by atoms with Crippen LogP contribution in [0.15, 0.2) is 186 Å². The van der Waals surface area contributed by atoms with E-state index < -0.39 is 0 Å². The molecule has 7 aromatic carbocycles. The minimum absolute atomic E-state index is 0.631. The summed E-state index contributed by atoms with van der Waals surface area (Å²) in [6, 6.07) is 57.1. The van der Waals surface area contributed by atoms with Crippen molar-refractivity contribution in [2.45, 2.75) is 12.8 Å². The van der Waals surface area contributed by atoms with Crippen LogP contribution in [-0.2, 0) is 0 Å². The molecule has 0 saturated heterocycles. The fourth-order valence-corrected chi connectivity index (χ4v) is 8.22. The van der Waals surface area contributed by atoms with Gasteiger partial charge in [0.25, 0.3) is 0 Å². The summed E-state index contributed by atoms with van der Waals surface area (Å²) in [4.78, 5) is 14.8. The van der Waals surface area contributed by atoms with Gasteiger partial charge in [0.1, 0.15) is 5.58 Å². The molecule has 0 unspecified atom stereocenters. The first-order valence-electron chi connectivity index (χ1n) is 19.1. The van der Waals surface area contributed by atoms with Crippen LogP contribution < -0.4 is 0 Å². The SMILES string of the molecule is C1=CC(c2ccc3c4ccccc4n(-c4cccc5c4oc4cccc(-c6ccc(-c7nc(-c8ccccc8)nc(-c8ccccc8)n7)cc6)c45)c3c2)=CCC1. The Hall–Kier alpha value is -7.37. The molecule has 3 aromatic heterocycles. The maximum atomic E-state index is 6.85. The average molecular weight is 719 g/mol. The lowest BCUT2D eigenvalue weighted by Gasteiger charge is -2.11. The molecule has 0 amide bonds. The molecule has 0 fully saturated rings. The molecule has 3 heterocycles. The van der Waals surface area contributed by atoms with Crippen LogP contribution >= 0.6 is 0 Å². The van der Waals surface area contributed by atoms with Gasteiger partial charge in [-0.2, -0.15) is 0 Å². The number of hydrogen-bond donors (Lipinski definition) is 0. The van der Waals surface area contributed by atoms with Crippen LogP contribution in [0.4, 0.5) is 0 Å². The van der Waals surface area contributed by atoms with E-state index in [0.29, 0.717) is 17.5 Å². The van der Waals surface area contributed by atoms with Crippen LogP contribution in [-0.4, -0.2) is 19.5 Å². The maximum absolute atomic E-state index is 6.85. The third-order valence-corrected chi connectivity index (χ3v) is 10.9. The number of para-hydroxylation sites is 2. The third kappa shape index (κ3) is 5.36. The predicted molar refractivity (Wildman–Crippen MR) is 230 cm³/mol. The molecule has 1 aliphatic rings. The molecule has 10 aromatic rings. The summed E-state index contributed by atoms with van der Waals surface area (Å²) in [5.74, 6) is 1.92. The zero-order valence-corrected chi connectivity index (χ0v) is 30.4. The first-order chi connectivity index (χ1) is 27.8. The van der Waals surface area contributed by atoms with Gasteiger partial charge in [-0.15, -0.1) is 0 Å². The number of fused-ring (bicyclic) bond motifs is 6. The molecule has 56 heavy (non-hydrogen) atoms. The third-order valence-electron chi connectivity index (χ3n) is 10.9. The topological polar surface area (TPSA) is 56.7 Å². The Morgan fingerprint density at radius 1 is 0.464 bits per heavy atom. The summed E-state index contributed by atoms with van der Waals surface area (Å²) < 4.78 is 9.22. The summed E-state index contributed by atoms with van der Waals surface area (Å²) in [6.45, 7) is 0. The van der Waals surface area contributed by atoms with E-state index in [9.17, 15) is 0 Å². The van der Waals surface area contributed by atoms with E-state index in [4.69, 9.17) is 19.4 Å². The maximum Gasteiger partial charge on any atom is 0.164 e. The molecule has 0 spiro atoms. The lowest BCUT2D eigenvalue weighted by atomic mass is 9.98. The van der Waals surface area contributed by atoms with Gasteiger partial charge in [0.15, 0.2) is 23.1 Å². The number of allylic oxidation sites excluding steroid dienone is 4. The van der Waals surface area contributed by atoms with Gasteiger partial charge in [0, 0.05) is 38.2 Å². The number of benzene rings is 7. The molecule has 11 rings (SSSR count). The molecule has 264 valence electrons. The molecule has 1 aliphatic carbocycles. The summed E-state index contributed by atoms with van der Waals surface area (Å²) in [7, 11) is 0. The highest BCUT2D eigenvalue weighted by molar-refractivity contribution is 6.16. The Kier molecular flexibility index (Phi) is 7.56. The van der Waals surface area contributed by atoms with E-state index in [0.717, 1.165) is 79.3 Å². The Bertz CT molecular complexity index is 3110. The zero-order chi connectivity index (χ0) is 37.0. The number of aromatic nitrogens is 4. The highest BCUT2D eigenvalue weighted by Gasteiger charge is 2.20. The monoisotopic (exact) mass is 718 g/mol. The number of furan rings is 1. The van der Waals surface area contributed by atoms with E-state index in [2.05, 4.69) is 126 Å². The molecule has 5 heteroatoms. The smallest absolute Gasteiger partial charge is 0.164 e. The predicted octanol–water partition coefficient (Wildman–Crippen LogP) is 13.3. The lowest BCUT2D eigenvalue weighted by molar-refractivity contribution is 0.666. The molecule has 0 N–H and O–H groups in total. The molecule has 0 aliphatic heterocycles. The van der Waals surface area contributed by atoms with E-state index in [1.165, 1.54) is 21.9 Å². The fourth-order valence-electron chi connectivity index (χ4n) is 8.22. The molecule has 0 bridgehead atoms. The second-order valence-corrected chi connectivity index (χ2v) is 14.3. The normalized spacial score (nSPS) is 12.9. The summed E-state index contributed by atoms with van der Waals surface area (Å²) in [5.41, 5.74) is 12.6. The molecule has 0 atom stereocenters. The van der Waals surface area contributed by atoms with Crippen LogP contribution in [0.2, 0.25) is 0 Å². The van der Waals surface area contributed by atoms with Crippen LogP contribution in [0.3, 0.4) is 0 Å². The number of rotatable bonds is 6. The van der Waals surface area contributed by atoms with Crippen molar-refractivity contribution in [2.75, 3.05) is 0 Å². The Labute approximate surface area is 323 Å².